The zero-order valence-electron chi connectivity index (χ0n) is 11.6. The third kappa shape index (κ3) is 3.12. The molecule has 0 aliphatic rings. The average Bonchev–Trinajstić information content (AvgIpc) is 2.48. The molecule has 0 bridgehead atoms. The summed E-state index contributed by atoms with van der Waals surface area (Å²) < 4.78 is 0. The molecule has 0 aliphatic heterocycles. The van der Waals surface area contributed by atoms with Gasteiger partial charge in [-0.15, -0.1) is 0 Å². The molecule has 0 saturated heterocycles. The maximum absolute atomic E-state index is 12.3. The van der Waals surface area contributed by atoms with Crippen LogP contribution in [-0.4, -0.2) is 17.9 Å². The lowest BCUT2D eigenvalue weighted by Gasteiger charge is -2.10. The Hall–Kier alpha value is -2.58. The molecule has 21 heavy (non-hydrogen) atoms. The van der Waals surface area contributed by atoms with Crippen LogP contribution in [0.3, 0.4) is 0 Å². The van der Waals surface area contributed by atoms with Crippen LogP contribution < -0.4 is 10.6 Å². The third-order valence-corrected chi connectivity index (χ3v) is 3.29. The van der Waals surface area contributed by atoms with E-state index in [9.17, 15) is 10.1 Å². The molecule has 6 heteroatoms. The van der Waals surface area contributed by atoms with Crippen molar-refractivity contribution in [3.05, 3.63) is 52.2 Å². The highest BCUT2D eigenvalue weighted by molar-refractivity contribution is 6.34. The van der Waals surface area contributed by atoms with E-state index in [-0.39, 0.29) is 10.9 Å². The monoisotopic (exact) mass is 300 g/mol. The molecule has 2 rings (SSSR count). The van der Waals surface area contributed by atoms with Crippen LogP contribution in [0.2, 0.25) is 5.02 Å². The second kappa shape index (κ2) is 6.25. The molecule has 1 heterocycles. The van der Waals surface area contributed by atoms with Gasteiger partial charge in [0.2, 0.25) is 0 Å². The fourth-order valence-corrected chi connectivity index (χ4v) is 2.05. The standard InChI is InChI=1S/C15H13ClN4O/c1-9-4-3-5-13(11(9)7-17)20-15(21)10-6-14(18-2)19-8-12(10)16/h3-6,8H,1-2H3,(H,18,19)(H,20,21). The number of rotatable bonds is 3. The average molecular weight is 301 g/mol. The molecule has 1 aromatic heterocycles. The van der Waals surface area contributed by atoms with E-state index < -0.39 is 0 Å². The second-order valence-electron chi connectivity index (χ2n) is 4.36. The topological polar surface area (TPSA) is 77.8 Å². The van der Waals surface area contributed by atoms with Gasteiger partial charge in [-0.25, -0.2) is 4.98 Å². The molecule has 0 aliphatic carbocycles. The van der Waals surface area contributed by atoms with Crippen LogP contribution in [0.1, 0.15) is 21.5 Å². The van der Waals surface area contributed by atoms with Crippen molar-refractivity contribution in [2.24, 2.45) is 0 Å². The normalized spacial score (nSPS) is 9.81. The number of hydrogen-bond donors (Lipinski definition) is 2. The van der Waals surface area contributed by atoms with Gasteiger partial charge < -0.3 is 10.6 Å². The van der Waals surface area contributed by atoms with E-state index in [0.717, 1.165) is 5.56 Å². The first-order valence-electron chi connectivity index (χ1n) is 6.21. The van der Waals surface area contributed by atoms with Crippen LogP contribution in [0.4, 0.5) is 11.5 Å². The van der Waals surface area contributed by atoms with Crippen molar-refractivity contribution in [1.82, 2.24) is 4.98 Å². The molecule has 0 unspecified atom stereocenters. The van der Waals surface area contributed by atoms with Gasteiger partial charge in [-0.3, -0.25) is 4.79 Å². The van der Waals surface area contributed by atoms with Gasteiger partial charge in [-0.05, 0) is 24.6 Å². The number of nitriles is 1. The number of aryl methyl sites for hydroxylation is 1. The maximum atomic E-state index is 12.3. The highest BCUT2D eigenvalue weighted by Crippen LogP contribution is 2.22. The highest BCUT2D eigenvalue weighted by Gasteiger charge is 2.14. The van der Waals surface area contributed by atoms with E-state index in [1.54, 1.807) is 25.2 Å². The first-order valence-corrected chi connectivity index (χ1v) is 6.59. The summed E-state index contributed by atoms with van der Waals surface area (Å²) in [5, 5.41) is 15.0. The number of carbonyl (C=O) groups excluding carboxylic acids is 1. The van der Waals surface area contributed by atoms with E-state index in [4.69, 9.17) is 11.6 Å². The van der Waals surface area contributed by atoms with E-state index in [0.29, 0.717) is 22.6 Å². The number of carbonyl (C=O) groups is 1. The van der Waals surface area contributed by atoms with Crippen LogP contribution in [0.5, 0.6) is 0 Å². The number of nitrogens with one attached hydrogen (secondary N) is 2. The Morgan fingerprint density at radius 2 is 2.19 bits per heavy atom. The Morgan fingerprint density at radius 1 is 1.43 bits per heavy atom. The Morgan fingerprint density at radius 3 is 2.86 bits per heavy atom. The second-order valence-corrected chi connectivity index (χ2v) is 4.77. The summed E-state index contributed by atoms with van der Waals surface area (Å²) >= 11 is 6.00. The molecule has 1 aromatic carbocycles. The SMILES string of the molecule is CNc1cc(C(=O)Nc2cccc(C)c2C#N)c(Cl)cn1. The predicted molar refractivity (Wildman–Crippen MR) is 82.6 cm³/mol. The summed E-state index contributed by atoms with van der Waals surface area (Å²) in [4.78, 5) is 16.3. The molecule has 2 N–H and O–H groups in total. The van der Waals surface area contributed by atoms with Gasteiger partial charge in [0.25, 0.3) is 5.91 Å². The molecule has 5 nitrogen and oxygen atoms in total. The number of benzene rings is 1. The van der Waals surface area contributed by atoms with E-state index in [1.807, 2.05) is 13.0 Å². The van der Waals surface area contributed by atoms with Crippen molar-refractivity contribution in [1.29, 1.82) is 5.26 Å². The summed E-state index contributed by atoms with van der Waals surface area (Å²) in [5.41, 5.74) is 1.99. The summed E-state index contributed by atoms with van der Waals surface area (Å²) in [7, 11) is 1.70. The molecule has 2 aromatic rings. The van der Waals surface area contributed by atoms with E-state index in [1.165, 1.54) is 6.20 Å². The highest BCUT2D eigenvalue weighted by atomic mass is 35.5. The number of halogens is 1. The summed E-state index contributed by atoms with van der Waals surface area (Å²) in [6, 6.07) is 8.91. The summed E-state index contributed by atoms with van der Waals surface area (Å²) in [5.74, 6) is 0.148. The van der Waals surface area contributed by atoms with Crippen LogP contribution in [0, 0.1) is 18.3 Å². The van der Waals surface area contributed by atoms with E-state index in [2.05, 4.69) is 21.7 Å². The minimum atomic E-state index is -0.388. The van der Waals surface area contributed by atoms with Crippen molar-refractivity contribution in [2.75, 3.05) is 17.7 Å². The number of aromatic nitrogens is 1. The Labute approximate surface area is 127 Å². The number of nitrogens with zero attached hydrogens (tertiary/aromatic N) is 2. The van der Waals surface area contributed by atoms with Crippen molar-refractivity contribution >= 4 is 29.0 Å². The van der Waals surface area contributed by atoms with Crippen molar-refractivity contribution < 1.29 is 4.79 Å². The minimum Gasteiger partial charge on any atom is -0.373 e. The lowest BCUT2D eigenvalue weighted by Crippen LogP contribution is -2.14. The molecule has 0 radical (unpaired) electrons. The third-order valence-electron chi connectivity index (χ3n) is 2.99. The van der Waals surface area contributed by atoms with Crippen molar-refractivity contribution in [2.45, 2.75) is 6.92 Å². The summed E-state index contributed by atoms with van der Waals surface area (Å²) in [6.45, 7) is 1.81. The van der Waals surface area contributed by atoms with Gasteiger partial charge >= 0.3 is 0 Å². The van der Waals surface area contributed by atoms with Gasteiger partial charge in [0.1, 0.15) is 11.9 Å². The molecular weight excluding hydrogens is 288 g/mol. The molecule has 0 saturated carbocycles. The lowest BCUT2D eigenvalue weighted by atomic mass is 10.1. The van der Waals surface area contributed by atoms with Gasteiger partial charge in [0, 0.05) is 13.2 Å². The largest absolute Gasteiger partial charge is 0.373 e. The lowest BCUT2D eigenvalue weighted by molar-refractivity contribution is 0.102. The number of anilines is 2. The van der Waals surface area contributed by atoms with Crippen LogP contribution in [-0.2, 0) is 0 Å². The van der Waals surface area contributed by atoms with Gasteiger partial charge in [0.05, 0.1) is 21.8 Å². The molecule has 0 spiro atoms. The molecular formula is C15H13ClN4O. The maximum Gasteiger partial charge on any atom is 0.257 e. The number of amides is 1. The minimum absolute atomic E-state index is 0.248. The van der Waals surface area contributed by atoms with Crippen molar-refractivity contribution in [3.8, 4) is 6.07 Å². The number of hydrogen-bond acceptors (Lipinski definition) is 4. The van der Waals surface area contributed by atoms with Gasteiger partial charge in [-0.1, -0.05) is 23.7 Å². The first kappa shape index (κ1) is 14.8. The van der Waals surface area contributed by atoms with Gasteiger partial charge in [0.15, 0.2) is 0 Å². The quantitative estimate of drug-likeness (QED) is 0.912. The van der Waals surface area contributed by atoms with Crippen LogP contribution in [0.25, 0.3) is 0 Å². The molecule has 1 amide bonds. The van der Waals surface area contributed by atoms with Crippen molar-refractivity contribution in [3.63, 3.8) is 0 Å². The zero-order valence-corrected chi connectivity index (χ0v) is 12.3. The fourth-order valence-electron chi connectivity index (χ4n) is 1.86. The fraction of sp³-hybridized carbons (Fsp3) is 0.133. The number of pyridine rings is 1. The first-order chi connectivity index (χ1) is 10.1. The Kier molecular flexibility index (Phi) is 4.41. The van der Waals surface area contributed by atoms with E-state index >= 15 is 0 Å². The zero-order chi connectivity index (χ0) is 15.4. The molecule has 106 valence electrons. The Bertz CT molecular complexity index is 737. The molecule has 0 atom stereocenters. The Balaban J connectivity index is 2.35. The molecule has 0 fully saturated rings. The van der Waals surface area contributed by atoms with Gasteiger partial charge in [-0.2, -0.15) is 5.26 Å². The summed E-state index contributed by atoms with van der Waals surface area (Å²) in [6.07, 6.45) is 1.41. The van der Waals surface area contributed by atoms with Crippen LogP contribution in [0.15, 0.2) is 30.5 Å². The predicted octanol–water partition coefficient (Wildman–Crippen LogP) is 3.21. The smallest absolute Gasteiger partial charge is 0.257 e. The van der Waals surface area contributed by atoms with Crippen LogP contribution >= 0.6 is 11.6 Å².